The number of aryl methyl sites for hydroxylation is 2. The van der Waals surface area contributed by atoms with Crippen molar-refractivity contribution < 1.29 is 18.8 Å². The lowest BCUT2D eigenvalue weighted by Gasteiger charge is -2.12. The lowest BCUT2D eigenvalue weighted by molar-refractivity contribution is 0.102. The predicted octanol–water partition coefficient (Wildman–Crippen LogP) is 5.51. The maximum Gasteiger partial charge on any atom is 0.255 e. The summed E-state index contributed by atoms with van der Waals surface area (Å²) in [5.41, 5.74) is 4.69. The number of amides is 1. The number of methoxy groups -OCH3 is 1. The number of carbonyl (C=O) groups is 1. The molecule has 34 heavy (non-hydrogen) atoms. The van der Waals surface area contributed by atoms with Gasteiger partial charge in [-0.1, -0.05) is 17.3 Å². The van der Waals surface area contributed by atoms with Crippen LogP contribution in [0.25, 0.3) is 16.2 Å². The third-order valence-corrected chi connectivity index (χ3v) is 6.28. The molecule has 5 rings (SSSR count). The van der Waals surface area contributed by atoms with Gasteiger partial charge in [-0.25, -0.2) is 4.98 Å². The quantitative estimate of drug-likeness (QED) is 0.335. The Balaban J connectivity index is 1.27. The van der Waals surface area contributed by atoms with Gasteiger partial charge in [-0.05, 0) is 44.2 Å². The molecule has 0 aliphatic rings. The highest BCUT2D eigenvalue weighted by atomic mass is 32.1. The highest BCUT2D eigenvalue weighted by molar-refractivity contribution is 7.15. The van der Waals surface area contributed by atoms with Crippen LogP contribution in [0.2, 0.25) is 0 Å². The first kappa shape index (κ1) is 21.7. The van der Waals surface area contributed by atoms with E-state index in [-0.39, 0.29) is 5.91 Å². The lowest BCUT2D eigenvalue weighted by atomic mass is 10.1. The van der Waals surface area contributed by atoms with Crippen molar-refractivity contribution in [3.05, 3.63) is 82.8 Å². The Morgan fingerprint density at radius 2 is 1.97 bits per heavy atom. The molecule has 0 aliphatic heterocycles. The Bertz CT molecular complexity index is 1420. The summed E-state index contributed by atoms with van der Waals surface area (Å²) < 4.78 is 18.5. The van der Waals surface area contributed by atoms with E-state index in [0.717, 1.165) is 27.5 Å². The SMILES string of the molecule is COc1cc(C(=O)Nc2ccc(-c3cn4ccsc4n3)cc2)ccc1OCc1c(C)noc1C. The van der Waals surface area contributed by atoms with E-state index in [9.17, 15) is 4.79 Å². The van der Waals surface area contributed by atoms with Crippen LogP contribution < -0.4 is 14.8 Å². The average molecular weight is 475 g/mol. The van der Waals surface area contributed by atoms with Crippen LogP contribution in [-0.4, -0.2) is 27.6 Å². The molecule has 9 heteroatoms. The van der Waals surface area contributed by atoms with Crippen molar-refractivity contribution in [3.8, 4) is 22.8 Å². The number of hydrogen-bond acceptors (Lipinski definition) is 7. The van der Waals surface area contributed by atoms with Crippen molar-refractivity contribution in [2.24, 2.45) is 0 Å². The Kier molecular flexibility index (Phi) is 5.77. The van der Waals surface area contributed by atoms with Crippen LogP contribution in [0.5, 0.6) is 11.5 Å². The van der Waals surface area contributed by atoms with Crippen LogP contribution in [0.4, 0.5) is 5.69 Å². The molecule has 0 bridgehead atoms. The molecule has 5 aromatic rings. The molecule has 0 unspecified atom stereocenters. The van der Waals surface area contributed by atoms with Crippen molar-refractivity contribution in [3.63, 3.8) is 0 Å². The number of benzene rings is 2. The summed E-state index contributed by atoms with van der Waals surface area (Å²) in [5, 5.41) is 8.85. The third-order valence-electron chi connectivity index (χ3n) is 5.51. The van der Waals surface area contributed by atoms with Gasteiger partial charge in [0.25, 0.3) is 5.91 Å². The van der Waals surface area contributed by atoms with Gasteiger partial charge < -0.3 is 19.3 Å². The minimum Gasteiger partial charge on any atom is -0.493 e. The van der Waals surface area contributed by atoms with Gasteiger partial charge in [0.05, 0.1) is 24.1 Å². The number of fused-ring (bicyclic) bond motifs is 1. The van der Waals surface area contributed by atoms with E-state index in [0.29, 0.717) is 35.1 Å². The molecule has 3 heterocycles. The van der Waals surface area contributed by atoms with E-state index in [2.05, 4.69) is 15.5 Å². The van der Waals surface area contributed by atoms with E-state index in [1.54, 1.807) is 36.6 Å². The van der Waals surface area contributed by atoms with E-state index < -0.39 is 0 Å². The van der Waals surface area contributed by atoms with Crippen LogP contribution >= 0.6 is 11.3 Å². The van der Waals surface area contributed by atoms with Crippen LogP contribution in [-0.2, 0) is 6.61 Å². The highest BCUT2D eigenvalue weighted by Gasteiger charge is 2.15. The van der Waals surface area contributed by atoms with Crippen molar-refractivity contribution in [1.29, 1.82) is 0 Å². The van der Waals surface area contributed by atoms with Crippen LogP contribution in [0, 0.1) is 13.8 Å². The summed E-state index contributed by atoms with van der Waals surface area (Å²) in [6.07, 6.45) is 3.97. The number of aromatic nitrogens is 3. The highest BCUT2D eigenvalue weighted by Crippen LogP contribution is 2.30. The summed E-state index contributed by atoms with van der Waals surface area (Å²) in [6, 6.07) is 12.7. The minimum absolute atomic E-state index is 0.245. The number of anilines is 1. The number of imidazole rings is 1. The number of nitrogens with zero attached hydrogens (tertiary/aromatic N) is 3. The van der Waals surface area contributed by atoms with Crippen molar-refractivity contribution >= 4 is 27.9 Å². The first-order valence-electron chi connectivity index (χ1n) is 10.6. The molecule has 1 N–H and O–H groups in total. The fourth-order valence-electron chi connectivity index (χ4n) is 3.58. The molecule has 2 aromatic carbocycles. The fourth-order valence-corrected chi connectivity index (χ4v) is 4.28. The number of nitrogens with one attached hydrogen (secondary N) is 1. The minimum atomic E-state index is -0.245. The Labute approximate surface area is 199 Å². The Hall–Kier alpha value is -4.11. The Morgan fingerprint density at radius 1 is 1.15 bits per heavy atom. The topological polar surface area (TPSA) is 90.9 Å². The molecule has 1 amide bonds. The summed E-state index contributed by atoms with van der Waals surface area (Å²) >= 11 is 1.59. The molecule has 3 aromatic heterocycles. The molecule has 8 nitrogen and oxygen atoms in total. The van der Waals surface area contributed by atoms with Gasteiger partial charge in [0.1, 0.15) is 12.4 Å². The molecular weight excluding hydrogens is 452 g/mol. The first-order chi connectivity index (χ1) is 16.5. The molecule has 0 saturated heterocycles. The van der Waals surface area contributed by atoms with E-state index in [4.69, 9.17) is 14.0 Å². The van der Waals surface area contributed by atoms with E-state index in [1.807, 2.05) is 60.3 Å². The molecule has 0 spiro atoms. The second kappa shape index (κ2) is 9.03. The van der Waals surface area contributed by atoms with Gasteiger partial charge in [0.2, 0.25) is 0 Å². The molecule has 0 aliphatic carbocycles. The van der Waals surface area contributed by atoms with Crippen LogP contribution in [0.1, 0.15) is 27.4 Å². The smallest absolute Gasteiger partial charge is 0.255 e. The molecular formula is C25H22N4O4S. The zero-order valence-electron chi connectivity index (χ0n) is 18.9. The van der Waals surface area contributed by atoms with Crippen LogP contribution in [0.3, 0.4) is 0 Å². The van der Waals surface area contributed by atoms with Crippen molar-refractivity contribution in [1.82, 2.24) is 14.5 Å². The zero-order valence-corrected chi connectivity index (χ0v) is 19.7. The molecule has 0 fully saturated rings. The summed E-state index contributed by atoms with van der Waals surface area (Å²) in [6.45, 7) is 4.00. The first-order valence-corrected chi connectivity index (χ1v) is 11.5. The van der Waals surface area contributed by atoms with Gasteiger partial charge in [-0.3, -0.25) is 9.20 Å². The van der Waals surface area contributed by atoms with Crippen molar-refractivity contribution in [2.75, 3.05) is 12.4 Å². The second-order valence-corrected chi connectivity index (χ2v) is 8.58. The number of rotatable bonds is 7. The molecule has 0 radical (unpaired) electrons. The number of thiazole rings is 1. The van der Waals surface area contributed by atoms with Crippen LogP contribution in [0.15, 0.2) is 64.8 Å². The number of hydrogen-bond donors (Lipinski definition) is 1. The van der Waals surface area contributed by atoms with Crippen molar-refractivity contribution in [2.45, 2.75) is 20.5 Å². The zero-order chi connectivity index (χ0) is 23.7. The number of ether oxygens (including phenoxy) is 2. The second-order valence-electron chi connectivity index (χ2n) is 7.71. The number of carbonyl (C=O) groups excluding carboxylic acids is 1. The monoisotopic (exact) mass is 474 g/mol. The van der Waals surface area contributed by atoms with Gasteiger partial charge >= 0.3 is 0 Å². The predicted molar refractivity (Wildman–Crippen MR) is 130 cm³/mol. The summed E-state index contributed by atoms with van der Waals surface area (Å²) in [5.74, 6) is 1.47. The van der Waals surface area contributed by atoms with Gasteiger partial charge in [0, 0.05) is 34.6 Å². The largest absolute Gasteiger partial charge is 0.493 e. The van der Waals surface area contributed by atoms with Gasteiger partial charge in [-0.2, -0.15) is 0 Å². The third kappa shape index (κ3) is 4.25. The van der Waals surface area contributed by atoms with Gasteiger partial charge in [-0.15, -0.1) is 11.3 Å². The maximum atomic E-state index is 12.8. The standard InChI is InChI=1S/C25H22N4O4S/c1-15-20(16(2)33-28-15)14-32-22-9-6-18(12-23(22)31-3)24(30)26-19-7-4-17(5-8-19)21-13-29-10-11-34-25(29)27-21/h4-13H,14H2,1-3H3,(H,26,30). The normalized spacial score (nSPS) is 11.0. The molecule has 0 saturated carbocycles. The average Bonchev–Trinajstić information content (AvgIpc) is 3.54. The maximum absolute atomic E-state index is 12.8. The van der Waals surface area contributed by atoms with Gasteiger partial charge in [0.15, 0.2) is 16.5 Å². The Morgan fingerprint density at radius 3 is 2.68 bits per heavy atom. The summed E-state index contributed by atoms with van der Waals surface area (Å²) in [7, 11) is 1.54. The fraction of sp³-hybridized carbons (Fsp3) is 0.160. The molecule has 0 atom stereocenters. The summed E-state index contributed by atoms with van der Waals surface area (Å²) in [4.78, 5) is 18.4. The lowest BCUT2D eigenvalue weighted by Crippen LogP contribution is -2.12. The molecule has 172 valence electrons. The van der Waals surface area contributed by atoms with E-state index in [1.165, 1.54) is 0 Å². The van der Waals surface area contributed by atoms with E-state index >= 15 is 0 Å².